The summed E-state index contributed by atoms with van der Waals surface area (Å²) in [6.45, 7) is 6.73. The van der Waals surface area contributed by atoms with Gasteiger partial charge in [-0.1, -0.05) is 11.2 Å². The van der Waals surface area contributed by atoms with E-state index in [1.165, 1.54) is 4.88 Å². The number of fused-ring (bicyclic) bond motifs is 1. The van der Waals surface area contributed by atoms with Gasteiger partial charge in [0.05, 0.1) is 12.7 Å². The Bertz CT molecular complexity index is 717. The van der Waals surface area contributed by atoms with E-state index in [9.17, 15) is 4.79 Å². The molecule has 7 nitrogen and oxygen atoms in total. The number of likely N-dealkylation sites (tertiary alicyclic amines) is 1. The first-order chi connectivity index (χ1) is 12.2. The molecule has 2 saturated heterocycles. The van der Waals surface area contributed by atoms with Crippen molar-refractivity contribution in [3.05, 3.63) is 34.1 Å². The summed E-state index contributed by atoms with van der Waals surface area (Å²) in [4.78, 5) is 22.3. The molecule has 0 radical (unpaired) electrons. The minimum atomic E-state index is 0.0325. The fourth-order valence-corrected chi connectivity index (χ4v) is 4.33. The standard InChI is InChI=1S/C17H22N4O3S/c1-12-18-16(24-19-12)7-17(22)21-9-13-8-20(4-5-23-15(13)11-21)10-14-3-2-6-25-14/h2-3,6,13,15H,4-5,7-11H2,1H3/t13-,15+/m0/s1. The lowest BCUT2D eigenvalue weighted by Crippen LogP contribution is -2.34. The molecule has 0 spiro atoms. The Kier molecular flexibility index (Phi) is 4.82. The number of hydrogen-bond acceptors (Lipinski definition) is 7. The molecule has 2 fully saturated rings. The lowest BCUT2D eigenvalue weighted by molar-refractivity contribution is -0.130. The van der Waals surface area contributed by atoms with Gasteiger partial charge in [0, 0.05) is 43.5 Å². The lowest BCUT2D eigenvalue weighted by Gasteiger charge is -2.22. The predicted molar refractivity (Wildman–Crippen MR) is 92.1 cm³/mol. The number of thiophene rings is 1. The van der Waals surface area contributed by atoms with Crippen LogP contribution in [0.15, 0.2) is 22.0 Å². The molecule has 4 heterocycles. The van der Waals surface area contributed by atoms with E-state index in [0.29, 0.717) is 24.2 Å². The molecule has 0 N–H and O–H groups in total. The van der Waals surface area contributed by atoms with Crippen LogP contribution in [0.4, 0.5) is 0 Å². The molecule has 25 heavy (non-hydrogen) atoms. The Morgan fingerprint density at radius 1 is 1.40 bits per heavy atom. The van der Waals surface area contributed by atoms with E-state index in [0.717, 1.165) is 32.8 Å². The van der Waals surface area contributed by atoms with Crippen LogP contribution < -0.4 is 0 Å². The first-order valence-corrected chi connectivity index (χ1v) is 9.48. The zero-order chi connectivity index (χ0) is 17.2. The molecule has 0 bridgehead atoms. The number of aromatic nitrogens is 2. The summed E-state index contributed by atoms with van der Waals surface area (Å²) >= 11 is 1.79. The summed E-state index contributed by atoms with van der Waals surface area (Å²) in [6, 6.07) is 4.26. The number of ether oxygens (including phenoxy) is 1. The van der Waals surface area contributed by atoms with Gasteiger partial charge >= 0.3 is 0 Å². The molecule has 1 amide bonds. The molecule has 0 aromatic carbocycles. The molecule has 134 valence electrons. The maximum atomic E-state index is 12.5. The lowest BCUT2D eigenvalue weighted by atomic mass is 10.1. The van der Waals surface area contributed by atoms with Crippen molar-refractivity contribution in [1.29, 1.82) is 0 Å². The number of rotatable bonds is 4. The number of amides is 1. The SMILES string of the molecule is Cc1noc(CC(=O)N2C[C@@H]3CN(Cc4cccs4)CCO[C@@H]3C2)n1. The maximum Gasteiger partial charge on any atom is 0.236 e. The zero-order valence-corrected chi connectivity index (χ0v) is 15.1. The molecule has 2 atom stereocenters. The van der Waals surface area contributed by atoms with Crippen molar-refractivity contribution in [3.8, 4) is 0 Å². The summed E-state index contributed by atoms with van der Waals surface area (Å²) in [5.74, 6) is 1.33. The van der Waals surface area contributed by atoms with Gasteiger partial charge < -0.3 is 14.2 Å². The van der Waals surface area contributed by atoms with Gasteiger partial charge in [0.15, 0.2) is 5.82 Å². The molecule has 2 aromatic rings. The second kappa shape index (κ2) is 7.23. The van der Waals surface area contributed by atoms with Crippen LogP contribution in [0, 0.1) is 12.8 Å². The monoisotopic (exact) mass is 362 g/mol. The summed E-state index contributed by atoms with van der Waals surface area (Å²) < 4.78 is 11.1. The van der Waals surface area contributed by atoms with Gasteiger partial charge in [0.1, 0.15) is 6.42 Å². The summed E-state index contributed by atoms with van der Waals surface area (Å²) in [5.41, 5.74) is 0. The molecule has 2 aliphatic heterocycles. The van der Waals surface area contributed by atoms with Gasteiger partial charge in [-0.25, -0.2) is 0 Å². The van der Waals surface area contributed by atoms with Crippen molar-refractivity contribution in [2.24, 2.45) is 5.92 Å². The van der Waals surface area contributed by atoms with Crippen LogP contribution in [-0.4, -0.2) is 64.7 Å². The smallest absolute Gasteiger partial charge is 0.236 e. The highest BCUT2D eigenvalue weighted by Gasteiger charge is 2.38. The van der Waals surface area contributed by atoms with Crippen molar-refractivity contribution >= 4 is 17.2 Å². The second-order valence-corrected chi connectivity index (χ2v) is 7.73. The minimum absolute atomic E-state index is 0.0325. The number of carbonyl (C=O) groups excluding carboxylic acids is 1. The fourth-order valence-electron chi connectivity index (χ4n) is 3.58. The van der Waals surface area contributed by atoms with Gasteiger partial charge in [-0.15, -0.1) is 11.3 Å². The largest absolute Gasteiger partial charge is 0.375 e. The Labute approximate surface area is 150 Å². The highest BCUT2D eigenvalue weighted by Crippen LogP contribution is 2.25. The van der Waals surface area contributed by atoms with Gasteiger partial charge in [-0.3, -0.25) is 9.69 Å². The van der Waals surface area contributed by atoms with Crippen molar-refractivity contribution < 1.29 is 14.1 Å². The van der Waals surface area contributed by atoms with Crippen LogP contribution in [-0.2, 0) is 22.5 Å². The van der Waals surface area contributed by atoms with E-state index in [1.54, 1.807) is 18.3 Å². The summed E-state index contributed by atoms with van der Waals surface area (Å²) in [5, 5.41) is 5.85. The highest BCUT2D eigenvalue weighted by atomic mass is 32.1. The molecule has 8 heteroatoms. The van der Waals surface area contributed by atoms with E-state index in [4.69, 9.17) is 9.26 Å². The minimum Gasteiger partial charge on any atom is -0.375 e. The van der Waals surface area contributed by atoms with Gasteiger partial charge in [-0.05, 0) is 18.4 Å². The Balaban J connectivity index is 1.35. The molecular weight excluding hydrogens is 340 g/mol. The van der Waals surface area contributed by atoms with E-state index in [1.807, 2.05) is 4.90 Å². The molecule has 2 aliphatic rings. The Morgan fingerprint density at radius 2 is 2.32 bits per heavy atom. The van der Waals surface area contributed by atoms with Crippen LogP contribution in [0.5, 0.6) is 0 Å². The molecular formula is C17H22N4O3S. The second-order valence-electron chi connectivity index (χ2n) is 6.69. The van der Waals surface area contributed by atoms with Crippen LogP contribution in [0.25, 0.3) is 0 Å². The quantitative estimate of drug-likeness (QED) is 0.817. The number of nitrogens with zero attached hydrogens (tertiary/aromatic N) is 4. The average molecular weight is 362 g/mol. The topological polar surface area (TPSA) is 71.7 Å². The Morgan fingerprint density at radius 3 is 3.08 bits per heavy atom. The van der Waals surface area contributed by atoms with E-state index < -0.39 is 0 Å². The van der Waals surface area contributed by atoms with Crippen LogP contribution >= 0.6 is 11.3 Å². The zero-order valence-electron chi connectivity index (χ0n) is 14.3. The molecule has 0 saturated carbocycles. The van der Waals surface area contributed by atoms with Gasteiger partial charge in [0.2, 0.25) is 11.8 Å². The molecule has 4 rings (SSSR count). The van der Waals surface area contributed by atoms with Crippen molar-refractivity contribution in [2.75, 3.05) is 32.8 Å². The third-order valence-electron chi connectivity index (χ3n) is 4.80. The van der Waals surface area contributed by atoms with E-state index in [-0.39, 0.29) is 18.4 Å². The molecule has 2 aromatic heterocycles. The number of hydrogen-bond donors (Lipinski definition) is 0. The van der Waals surface area contributed by atoms with Crippen LogP contribution in [0.3, 0.4) is 0 Å². The first-order valence-electron chi connectivity index (χ1n) is 8.60. The predicted octanol–water partition coefficient (Wildman–Crippen LogP) is 1.34. The Hall–Kier alpha value is -1.77. The fraction of sp³-hybridized carbons (Fsp3) is 0.588. The van der Waals surface area contributed by atoms with Crippen molar-refractivity contribution in [2.45, 2.75) is 26.0 Å². The normalized spacial score (nSPS) is 24.3. The van der Waals surface area contributed by atoms with Crippen LogP contribution in [0.2, 0.25) is 0 Å². The summed E-state index contributed by atoms with van der Waals surface area (Å²) in [6.07, 6.45) is 0.292. The van der Waals surface area contributed by atoms with E-state index >= 15 is 0 Å². The molecule has 0 aliphatic carbocycles. The summed E-state index contributed by atoms with van der Waals surface area (Å²) in [7, 11) is 0. The van der Waals surface area contributed by atoms with E-state index in [2.05, 4.69) is 32.6 Å². The van der Waals surface area contributed by atoms with Crippen molar-refractivity contribution in [3.63, 3.8) is 0 Å². The maximum absolute atomic E-state index is 12.5. The van der Waals surface area contributed by atoms with Gasteiger partial charge in [-0.2, -0.15) is 4.98 Å². The van der Waals surface area contributed by atoms with Crippen LogP contribution in [0.1, 0.15) is 16.6 Å². The highest BCUT2D eigenvalue weighted by molar-refractivity contribution is 7.09. The number of carbonyl (C=O) groups is 1. The first kappa shape index (κ1) is 16.7. The molecule has 0 unspecified atom stereocenters. The third-order valence-corrected chi connectivity index (χ3v) is 5.66. The average Bonchev–Trinajstić information content (AvgIpc) is 3.29. The van der Waals surface area contributed by atoms with Gasteiger partial charge in [0.25, 0.3) is 0 Å². The third kappa shape index (κ3) is 3.91. The van der Waals surface area contributed by atoms with Crippen molar-refractivity contribution in [1.82, 2.24) is 19.9 Å². The number of aryl methyl sites for hydroxylation is 1.